The van der Waals surface area contributed by atoms with E-state index >= 15 is 0 Å². The standard InChI is InChI=1S/C13H24/c1-3-7-13-9-6-5-8-12(4-2)10-11-13/h10,13H,3-9,11H2,1-2H3. The van der Waals surface area contributed by atoms with Crippen molar-refractivity contribution in [2.45, 2.75) is 65.2 Å². The summed E-state index contributed by atoms with van der Waals surface area (Å²) in [6.45, 7) is 4.60. The minimum absolute atomic E-state index is 0.992. The summed E-state index contributed by atoms with van der Waals surface area (Å²) < 4.78 is 0. The smallest absolute Gasteiger partial charge is 0.0320 e. The van der Waals surface area contributed by atoms with Gasteiger partial charge in [0, 0.05) is 0 Å². The van der Waals surface area contributed by atoms with Crippen molar-refractivity contribution < 1.29 is 0 Å². The lowest BCUT2D eigenvalue weighted by molar-refractivity contribution is 0.420. The number of hydrogen-bond acceptors (Lipinski definition) is 0. The highest BCUT2D eigenvalue weighted by Crippen LogP contribution is 2.25. The summed E-state index contributed by atoms with van der Waals surface area (Å²) in [6, 6.07) is 0. The Balaban J connectivity index is 2.42. The van der Waals surface area contributed by atoms with E-state index in [1.54, 1.807) is 5.57 Å². The predicted octanol–water partition coefficient (Wildman–Crippen LogP) is 4.70. The highest BCUT2D eigenvalue weighted by molar-refractivity contribution is 5.02. The van der Waals surface area contributed by atoms with Crippen LogP contribution in [0.15, 0.2) is 11.6 Å². The van der Waals surface area contributed by atoms with Crippen LogP contribution in [0.3, 0.4) is 0 Å². The molecular weight excluding hydrogens is 156 g/mol. The molecule has 1 rings (SSSR count). The van der Waals surface area contributed by atoms with E-state index in [4.69, 9.17) is 0 Å². The fourth-order valence-electron chi connectivity index (χ4n) is 2.33. The van der Waals surface area contributed by atoms with Crippen LogP contribution in [0.25, 0.3) is 0 Å². The van der Waals surface area contributed by atoms with Crippen LogP contribution in [0.2, 0.25) is 0 Å². The van der Waals surface area contributed by atoms with Gasteiger partial charge in [-0.1, -0.05) is 51.2 Å². The Hall–Kier alpha value is -0.260. The lowest BCUT2D eigenvalue weighted by Gasteiger charge is -2.18. The Labute approximate surface area is 83.4 Å². The lowest BCUT2D eigenvalue weighted by atomic mass is 9.88. The normalized spacial score (nSPS) is 24.8. The highest BCUT2D eigenvalue weighted by atomic mass is 14.1. The van der Waals surface area contributed by atoms with Gasteiger partial charge in [0.25, 0.3) is 0 Å². The number of hydrogen-bond donors (Lipinski definition) is 0. The maximum atomic E-state index is 2.53. The summed E-state index contributed by atoms with van der Waals surface area (Å²) in [7, 11) is 0. The molecular formula is C13H24. The van der Waals surface area contributed by atoms with Crippen LogP contribution in [0.1, 0.15) is 65.2 Å². The molecule has 0 aromatic carbocycles. The molecule has 0 heteroatoms. The molecule has 1 aliphatic carbocycles. The first-order valence-electron chi connectivity index (χ1n) is 6.04. The van der Waals surface area contributed by atoms with Gasteiger partial charge in [-0.15, -0.1) is 0 Å². The van der Waals surface area contributed by atoms with E-state index in [-0.39, 0.29) is 0 Å². The SMILES string of the molecule is CCCC1CC=C(CC)CCCC1. The monoisotopic (exact) mass is 180 g/mol. The third-order valence-electron chi connectivity index (χ3n) is 3.25. The van der Waals surface area contributed by atoms with E-state index in [1.807, 2.05) is 0 Å². The summed E-state index contributed by atoms with van der Waals surface area (Å²) in [5.74, 6) is 0.992. The fraction of sp³-hybridized carbons (Fsp3) is 0.846. The van der Waals surface area contributed by atoms with Crippen molar-refractivity contribution in [3.63, 3.8) is 0 Å². The first kappa shape index (κ1) is 10.8. The molecule has 0 amide bonds. The van der Waals surface area contributed by atoms with Crippen molar-refractivity contribution in [1.29, 1.82) is 0 Å². The molecule has 0 spiro atoms. The van der Waals surface area contributed by atoms with Gasteiger partial charge in [0.05, 0.1) is 0 Å². The highest BCUT2D eigenvalue weighted by Gasteiger charge is 2.09. The van der Waals surface area contributed by atoms with Crippen molar-refractivity contribution in [2.24, 2.45) is 5.92 Å². The summed E-state index contributed by atoms with van der Waals surface area (Å²) in [6.07, 6.45) is 13.7. The van der Waals surface area contributed by atoms with Crippen molar-refractivity contribution >= 4 is 0 Å². The molecule has 0 aromatic heterocycles. The summed E-state index contributed by atoms with van der Waals surface area (Å²) in [5, 5.41) is 0. The lowest BCUT2D eigenvalue weighted by Crippen LogP contribution is -2.02. The molecule has 0 fully saturated rings. The molecule has 13 heavy (non-hydrogen) atoms. The quantitative estimate of drug-likeness (QED) is 0.552. The second kappa shape index (κ2) is 6.23. The van der Waals surface area contributed by atoms with Gasteiger partial charge in [-0.25, -0.2) is 0 Å². The predicted molar refractivity (Wildman–Crippen MR) is 59.9 cm³/mol. The van der Waals surface area contributed by atoms with Crippen LogP contribution in [0, 0.1) is 5.92 Å². The molecule has 0 heterocycles. The zero-order valence-corrected chi connectivity index (χ0v) is 9.31. The van der Waals surface area contributed by atoms with Gasteiger partial charge in [-0.2, -0.15) is 0 Å². The Morgan fingerprint density at radius 2 is 2.15 bits per heavy atom. The second-order valence-electron chi connectivity index (χ2n) is 4.35. The fourth-order valence-corrected chi connectivity index (χ4v) is 2.33. The Kier molecular flexibility index (Phi) is 5.19. The van der Waals surface area contributed by atoms with E-state index in [1.165, 1.54) is 51.4 Å². The summed E-state index contributed by atoms with van der Waals surface area (Å²) in [4.78, 5) is 0. The zero-order chi connectivity index (χ0) is 9.52. The first-order valence-corrected chi connectivity index (χ1v) is 6.04. The molecule has 0 aliphatic heterocycles. The zero-order valence-electron chi connectivity index (χ0n) is 9.31. The minimum Gasteiger partial charge on any atom is -0.0851 e. The maximum absolute atomic E-state index is 2.53. The molecule has 0 saturated heterocycles. The van der Waals surface area contributed by atoms with Gasteiger partial charge in [0.15, 0.2) is 0 Å². The van der Waals surface area contributed by atoms with E-state index in [9.17, 15) is 0 Å². The molecule has 0 N–H and O–H groups in total. The molecule has 0 radical (unpaired) electrons. The van der Waals surface area contributed by atoms with E-state index in [0.29, 0.717) is 0 Å². The average Bonchev–Trinajstić information content (AvgIpc) is 2.11. The topological polar surface area (TPSA) is 0 Å². The van der Waals surface area contributed by atoms with E-state index in [0.717, 1.165) is 5.92 Å². The van der Waals surface area contributed by atoms with Crippen molar-refractivity contribution in [3.8, 4) is 0 Å². The van der Waals surface area contributed by atoms with Crippen LogP contribution < -0.4 is 0 Å². The van der Waals surface area contributed by atoms with Crippen molar-refractivity contribution in [2.75, 3.05) is 0 Å². The van der Waals surface area contributed by atoms with Gasteiger partial charge in [0.1, 0.15) is 0 Å². The van der Waals surface area contributed by atoms with Gasteiger partial charge < -0.3 is 0 Å². The van der Waals surface area contributed by atoms with Gasteiger partial charge in [0.2, 0.25) is 0 Å². The molecule has 76 valence electrons. The largest absolute Gasteiger partial charge is 0.0851 e. The Morgan fingerprint density at radius 3 is 2.85 bits per heavy atom. The molecule has 1 unspecified atom stereocenters. The molecule has 1 aliphatic rings. The molecule has 0 aromatic rings. The van der Waals surface area contributed by atoms with Crippen LogP contribution in [-0.4, -0.2) is 0 Å². The first-order chi connectivity index (χ1) is 6.36. The van der Waals surface area contributed by atoms with Crippen molar-refractivity contribution in [1.82, 2.24) is 0 Å². The van der Waals surface area contributed by atoms with Gasteiger partial charge in [-0.3, -0.25) is 0 Å². The van der Waals surface area contributed by atoms with Crippen LogP contribution in [-0.2, 0) is 0 Å². The molecule has 0 nitrogen and oxygen atoms in total. The van der Waals surface area contributed by atoms with Crippen LogP contribution >= 0.6 is 0 Å². The van der Waals surface area contributed by atoms with Crippen LogP contribution in [0.5, 0.6) is 0 Å². The van der Waals surface area contributed by atoms with Gasteiger partial charge >= 0.3 is 0 Å². The minimum atomic E-state index is 0.992. The third kappa shape index (κ3) is 3.97. The summed E-state index contributed by atoms with van der Waals surface area (Å²) >= 11 is 0. The second-order valence-corrected chi connectivity index (χ2v) is 4.35. The Bertz CT molecular complexity index is 155. The van der Waals surface area contributed by atoms with Gasteiger partial charge in [-0.05, 0) is 31.6 Å². The van der Waals surface area contributed by atoms with E-state index in [2.05, 4.69) is 19.9 Å². The number of rotatable bonds is 3. The third-order valence-corrected chi connectivity index (χ3v) is 3.25. The van der Waals surface area contributed by atoms with E-state index < -0.39 is 0 Å². The molecule has 0 saturated carbocycles. The molecule has 1 atom stereocenters. The summed E-state index contributed by atoms with van der Waals surface area (Å²) in [5.41, 5.74) is 1.71. The van der Waals surface area contributed by atoms with Crippen LogP contribution in [0.4, 0.5) is 0 Å². The number of allylic oxidation sites excluding steroid dienone is 2. The molecule has 0 bridgehead atoms. The van der Waals surface area contributed by atoms with Crippen molar-refractivity contribution in [3.05, 3.63) is 11.6 Å². The maximum Gasteiger partial charge on any atom is -0.0320 e. The Morgan fingerprint density at radius 1 is 1.31 bits per heavy atom. The average molecular weight is 180 g/mol.